The number of benzene rings is 2. The molecule has 6 nitrogen and oxygen atoms in total. The van der Waals surface area contributed by atoms with Gasteiger partial charge >= 0.3 is 6.09 Å². The van der Waals surface area contributed by atoms with E-state index in [4.69, 9.17) is 20.8 Å². The fourth-order valence-electron chi connectivity index (χ4n) is 3.15. The van der Waals surface area contributed by atoms with Crippen molar-refractivity contribution in [1.29, 1.82) is 0 Å². The fraction of sp³-hybridized carbons (Fsp3) is 0.536. The van der Waals surface area contributed by atoms with Gasteiger partial charge in [0.1, 0.15) is 17.1 Å². The van der Waals surface area contributed by atoms with Gasteiger partial charge in [-0.15, -0.1) is 0 Å². The number of nitrogens with one attached hydrogen (secondary N) is 1. The van der Waals surface area contributed by atoms with Crippen molar-refractivity contribution in [2.45, 2.75) is 100 Å². The molecule has 0 heterocycles. The Kier molecular flexibility index (Phi) is 10.1. The molecule has 0 bridgehead atoms. The van der Waals surface area contributed by atoms with Crippen LogP contribution in [0, 0.1) is 0 Å². The third kappa shape index (κ3) is 9.43. The number of phenols is 1. The quantitative estimate of drug-likeness (QED) is 0.268. The van der Waals surface area contributed by atoms with Gasteiger partial charge in [-0.2, -0.15) is 0 Å². The Bertz CT molecular complexity index is 1100. The van der Waals surface area contributed by atoms with E-state index in [2.05, 4.69) is 39.2 Å². The Hall–Kier alpha value is -1.87. The van der Waals surface area contributed by atoms with Crippen molar-refractivity contribution < 1.29 is 24.2 Å². The smallest absolute Gasteiger partial charge is 0.408 e. The third-order valence-corrected chi connectivity index (χ3v) is 12.2. The molecule has 0 saturated heterocycles. The van der Waals surface area contributed by atoms with E-state index in [9.17, 15) is 15.0 Å². The number of aromatic hydroxyl groups is 1. The van der Waals surface area contributed by atoms with E-state index in [1.165, 1.54) is 11.8 Å². The molecular formula is C28H42ClNO5SSi. The summed E-state index contributed by atoms with van der Waals surface area (Å²) in [4.78, 5) is 13.8. The molecule has 2 rings (SSSR count). The SMILES string of the molecule is CC(C)(C)OC(=O)N[C@](C)(CO)CCc1ccc(Sc2cc(O[Si](C)(C)C(C)(C)C)ccc2O)cc1Cl. The molecule has 0 radical (unpaired) electrons. The van der Waals surface area contributed by atoms with Gasteiger partial charge in [0.05, 0.1) is 17.0 Å². The number of halogens is 1. The number of aryl methyl sites for hydroxylation is 1. The second-order valence-corrected chi connectivity index (χ2v) is 18.4. The number of carbonyl (C=O) groups is 1. The maximum Gasteiger partial charge on any atom is 0.408 e. The first-order valence-corrected chi connectivity index (χ1v) is 16.5. The topological polar surface area (TPSA) is 88.0 Å². The zero-order valence-electron chi connectivity index (χ0n) is 23.5. The molecule has 37 heavy (non-hydrogen) atoms. The third-order valence-electron chi connectivity index (χ3n) is 6.46. The van der Waals surface area contributed by atoms with Gasteiger partial charge in [-0.3, -0.25) is 0 Å². The molecule has 0 aliphatic carbocycles. The minimum Gasteiger partial charge on any atom is -0.543 e. The van der Waals surface area contributed by atoms with Crippen LogP contribution >= 0.6 is 23.4 Å². The zero-order valence-corrected chi connectivity index (χ0v) is 26.1. The molecule has 1 amide bonds. The minimum atomic E-state index is -2.01. The van der Waals surface area contributed by atoms with E-state index >= 15 is 0 Å². The lowest BCUT2D eigenvalue weighted by Gasteiger charge is -2.36. The van der Waals surface area contributed by atoms with Crippen LogP contribution in [0.1, 0.15) is 60.5 Å². The molecule has 1 atom stereocenters. The number of aliphatic hydroxyl groups excluding tert-OH is 1. The monoisotopic (exact) mass is 567 g/mol. The van der Waals surface area contributed by atoms with Gasteiger partial charge in [-0.25, -0.2) is 4.79 Å². The Balaban J connectivity index is 2.11. The molecule has 0 aliphatic heterocycles. The summed E-state index contributed by atoms with van der Waals surface area (Å²) in [6, 6.07) is 11.1. The van der Waals surface area contributed by atoms with Crippen molar-refractivity contribution in [1.82, 2.24) is 5.32 Å². The van der Waals surface area contributed by atoms with E-state index in [1.54, 1.807) is 39.8 Å². The summed E-state index contributed by atoms with van der Waals surface area (Å²) in [7, 11) is -2.01. The van der Waals surface area contributed by atoms with Crippen LogP contribution in [0.3, 0.4) is 0 Å². The van der Waals surface area contributed by atoms with E-state index < -0.39 is 25.6 Å². The Morgan fingerprint density at radius 2 is 1.70 bits per heavy atom. The first-order chi connectivity index (χ1) is 16.8. The molecule has 0 saturated carbocycles. The largest absolute Gasteiger partial charge is 0.543 e. The summed E-state index contributed by atoms with van der Waals surface area (Å²) in [5.41, 5.74) is -0.576. The average molecular weight is 568 g/mol. The molecule has 206 valence electrons. The highest BCUT2D eigenvalue weighted by Gasteiger charge is 2.39. The van der Waals surface area contributed by atoms with Gasteiger partial charge in [-0.1, -0.05) is 50.2 Å². The molecule has 0 spiro atoms. The van der Waals surface area contributed by atoms with Gasteiger partial charge in [0.15, 0.2) is 0 Å². The first-order valence-electron chi connectivity index (χ1n) is 12.4. The lowest BCUT2D eigenvalue weighted by molar-refractivity contribution is 0.0407. The van der Waals surface area contributed by atoms with Crippen LogP contribution in [-0.2, 0) is 11.2 Å². The standard InChI is InChI=1S/C28H42ClNO5SSi/c1-26(2,3)34-25(33)30-28(7,18-31)15-14-19-10-12-21(17-22(19)29)36-24-16-20(11-13-23(24)32)35-37(8,9)27(4,5)6/h10-13,16-17,31-32H,14-15,18H2,1-9H3,(H,30,33)/t28-/m0/s1. The molecule has 2 aromatic carbocycles. The maximum atomic E-state index is 12.2. The van der Waals surface area contributed by atoms with Gasteiger partial charge in [0.2, 0.25) is 8.32 Å². The van der Waals surface area contributed by atoms with Crippen LogP contribution in [0.15, 0.2) is 46.2 Å². The van der Waals surface area contributed by atoms with Crippen molar-refractivity contribution in [3.63, 3.8) is 0 Å². The van der Waals surface area contributed by atoms with Crippen LogP contribution < -0.4 is 9.74 Å². The predicted molar refractivity (Wildman–Crippen MR) is 155 cm³/mol. The molecule has 0 fully saturated rings. The lowest BCUT2D eigenvalue weighted by atomic mass is 9.94. The van der Waals surface area contributed by atoms with Gasteiger partial charge < -0.3 is 24.7 Å². The highest BCUT2D eigenvalue weighted by atomic mass is 35.5. The van der Waals surface area contributed by atoms with Crippen molar-refractivity contribution in [3.8, 4) is 11.5 Å². The van der Waals surface area contributed by atoms with E-state index in [1.807, 2.05) is 24.3 Å². The summed E-state index contributed by atoms with van der Waals surface area (Å²) in [6.07, 6.45) is 0.460. The van der Waals surface area contributed by atoms with Crippen molar-refractivity contribution in [2.75, 3.05) is 6.61 Å². The number of rotatable bonds is 9. The highest BCUT2D eigenvalue weighted by Crippen LogP contribution is 2.41. The number of amides is 1. The van der Waals surface area contributed by atoms with Crippen LogP contribution in [-0.4, -0.2) is 42.4 Å². The lowest BCUT2D eigenvalue weighted by Crippen LogP contribution is -2.50. The zero-order chi connectivity index (χ0) is 28.2. The van der Waals surface area contributed by atoms with Gasteiger partial charge in [0, 0.05) is 9.92 Å². The molecule has 2 aromatic rings. The second-order valence-electron chi connectivity index (χ2n) is 12.2. The number of hydrogen-bond donors (Lipinski definition) is 3. The number of ether oxygens (including phenoxy) is 1. The Morgan fingerprint density at radius 3 is 2.24 bits per heavy atom. The predicted octanol–water partition coefficient (Wildman–Crippen LogP) is 7.79. The van der Waals surface area contributed by atoms with Crippen molar-refractivity contribution >= 4 is 37.8 Å². The second kappa shape index (κ2) is 11.9. The number of alkyl carbamates (subject to hydrolysis) is 1. The molecule has 3 N–H and O–H groups in total. The van der Waals surface area contributed by atoms with Crippen LogP contribution in [0.25, 0.3) is 0 Å². The van der Waals surface area contributed by atoms with Crippen molar-refractivity contribution in [2.24, 2.45) is 0 Å². The van der Waals surface area contributed by atoms with Crippen molar-refractivity contribution in [3.05, 3.63) is 47.0 Å². The van der Waals surface area contributed by atoms with Crippen LogP contribution in [0.5, 0.6) is 11.5 Å². The van der Waals surface area contributed by atoms with E-state index in [-0.39, 0.29) is 17.4 Å². The fourth-order valence-corrected chi connectivity index (χ4v) is 5.43. The molecular weight excluding hydrogens is 526 g/mol. The summed E-state index contributed by atoms with van der Waals surface area (Å²) >= 11 is 8.01. The van der Waals surface area contributed by atoms with E-state index in [0.717, 1.165) is 16.2 Å². The summed E-state index contributed by atoms with van der Waals surface area (Å²) in [5, 5.41) is 23.8. The molecule has 0 aliphatic rings. The summed E-state index contributed by atoms with van der Waals surface area (Å²) < 4.78 is 11.7. The Labute approximate surface area is 232 Å². The van der Waals surface area contributed by atoms with Crippen LogP contribution in [0.2, 0.25) is 23.2 Å². The number of carbonyl (C=O) groups excluding carboxylic acids is 1. The number of aliphatic hydroxyl groups is 1. The summed E-state index contributed by atoms with van der Waals surface area (Å²) in [5.74, 6) is 0.926. The van der Waals surface area contributed by atoms with Crippen LogP contribution in [0.4, 0.5) is 4.79 Å². The molecule has 0 aromatic heterocycles. The number of hydrogen-bond acceptors (Lipinski definition) is 6. The maximum absolute atomic E-state index is 12.2. The minimum absolute atomic E-state index is 0.0655. The first kappa shape index (κ1) is 31.3. The average Bonchev–Trinajstić information content (AvgIpc) is 2.73. The van der Waals surface area contributed by atoms with Gasteiger partial charge in [-0.05, 0) is 94.6 Å². The Morgan fingerprint density at radius 1 is 1.05 bits per heavy atom. The molecule has 9 heteroatoms. The van der Waals surface area contributed by atoms with E-state index in [0.29, 0.717) is 22.8 Å². The highest BCUT2D eigenvalue weighted by molar-refractivity contribution is 7.99. The number of phenolic OH excluding ortho intramolecular Hbond substituents is 1. The molecule has 0 unspecified atom stereocenters. The summed E-state index contributed by atoms with van der Waals surface area (Å²) in [6.45, 7) is 17.9. The van der Waals surface area contributed by atoms with Gasteiger partial charge in [0.25, 0.3) is 0 Å². The normalized spacial score (nSPS) is 14.1.